The van der Waals surface area contributed by atoms with E-state index in [0.29, 0.717) is 26.6 Å². The van der Waals surface area contributed by atoms with Gasteiger partial charge in [-0.3, -0.25) is 19.0 Å². The van der Waals surface area contributed by atoms with E-state index in [4.69, 9.17) is 0 Å². The Bertz CT molecular complexity index is 1220. The van der Waals surface area contributed by atoms with Gasteiger partial charge in [0.25, 0.3) is 5.56 Å². The van der Waals surface area contributed by atoms with Crippen molar-refractivity contribution in [2.24, 2.45) is 12.5 Å². The average Bonchev–Trinajstić information content (AvgIpc) is 2.98. The van der Waals surface area contributed by atoms with Crippen molar-refractivity contribution >= 4 is 50.7 Å². The summed E-state index contributed by atoms with van der Waals surface area (Å²) in [5, 5.41) is 3.60. The number of ketones is 1. The quantitative estimate of drug-likeness (QED) is 0.333. The van der Waals surface area contributed by atoms with Gasteiger partial charge in [0.15, 0.2) is 10.9 Å². The number of anilines is 1. The number of aromatic nitrogens is 2. The molecule has 3 rings (SSSR count). The summed E-state index contributed by atoms with van der Waals surface area (Å²) in [4.78, 5) is 44.3. The standard InChI is InChI=1S/C23H27N3O3S2/c1-12-13(2)30-19-17(12)20(28)26(7)22(25-19)31-14(3)18(27)15-8-10-16(11-9-15)24-21(29)23(4,5)6/h8-11,14H,1-7H3,(H,24,29). The molecule has 8 heteroatoms. The summed E-state index contributed by atoms with van der Waals surface area (Å²) >= 11 is 2.77. The molecule has 0 aliphatic rings. The van der Waals surface area contributed by atoms with E-state index in [1.54, 1.807) is 31.3 Å². The third-order valence-corrected chi connectivity index (χ3v) is 7.37. The Hall–Kier alpha value is -2.45. The monoisotopic (exact) mass is 457 g/mol. The van der Waals surface area contributed by atoms with E-state index in [9.17, 15) is 14.4 Å². The number of fused-ring (bicyclic) bond motifs is 1. The van der Waals surface area contributed by atoms with Crippen molar-refractivity contribution in [2.75, 3.05) is 5.32 Å². The molecule has 0 aliphatic heterocycles. The predicted octanol–water partition coefficient (Wildman–Crippen LogP) is 4.96. The fourth-order valence-corrected chi connectivity index (χ4v) is 4.97. The van der Waals surface area contributed by atoms with Gasteiger partial charge in [-0.1, -0.05) is 32.5 Å². The van der Waals surface area contributed by atoms with Gasteiger partial charge in [0.05, 0.1) is 10.6 Å². The van der Waals surface area contributed by atoms with Crippen molar-refractivity contribution in [3.05, 3.63) is 50.6 Å². The maximum atomic E-state index is 12.9. The number of thiophene rings is 1. The van der Waals surface area contributed by atoms with E-state index in [0.717, 1.165) is 10.4 Å². The summed E-state index contributed by atoms with van der Waals surface area (Å²) in [5.74, 6) is -0.150. The van der Waals surface area contributed by atoms with E-state index in [1.165, 1.54) is 27.7 Å². The number of aryl methyl sites for hydroxylation is 2. The van der Waals surface area contributed by atoms with Crippen LogP contribution in [0, 0.1) is 19.3 Å². The second kappa shape index (κ2) is 8.59. The van der Waals surface area contributed by atoms with Crippen molar-refractivity contribution in [1.82, 2.24) is 9.55 Å². The molecule has 0 fully saturated rings. The van der Waals surface area contributed by atoms with Crippen LogP contribution in [-0.2, 0) is 11.8 Å². The zero-order chi connectivity index (χ0) is 23.1. The summed E-state index contributed by atoms with van der Waals surface area (Å²) in [5.41, 5.74) is 1.57. The number of nitrogens with zero attached hydrogens (tertiary/aromatic N) is 2. The molecule has 1 atom stereocenters. The molecule has 0 aliphatic carbocycles. The van der Waals surface area contributed by atoms with E-state index >= 15 is 0 Å². The highest BCUT2D eigenvalue weighted by Gasteiger charge is 2.23. The minimum atomic E-state index is -0.497. The van der Waals surface area contributed by atoms with Gasteiger partial charge >= 0.3 is 0 Å². The van der Waals surface area contributed by atoms with Crippen molar-refractivity contribution in [3.63, 3.8) is 0 Å². The summed E-state index contributed by atoms with van der Waals surface area (Å²) in [6.07, 6.45) is 0. The van der Waals surface area contributed by atoms with Gasteiger partial charge in [-0.2, -0.15) is 0 Å². The summed E-state index contributed by atoms with van der Waals surface area (Å²) in [6, 6.07) is 6.87. The zero-order valence-electron chi connectivity index (χ0n) is 18.8. The molecule has 1 N–H and O–H groups in total. The number of benzene rings is 1. The van der Waals surface area contributed by atoms with Crippen LogP contribution in [0.5, 0.6) is 0 Å². The number of hydrogen-bond donors (Lipinski definition) is 1. The molecule has 31 heavy (non-hydrogen) atoms. The molecule has 1 unspecified atom stereocenters. The molecule has 6 nitrogen and oxygen atoms in total. The van der Waals surface area contributed by atoms with Gasteiger partial charge in [0, 0.05) is 28.6 Å². The van der Waals surface area contributed by atoms with Crippen LogP contribution in [-0.4, -0.2) is 26.5 Å². The lowest BCUT2D eigenvalue weighted by Gasteiger charge is -2.18. The van der Waals surface area contributed by atoms with Gasteiger partial charge in [0.2, 0.25) is 5.91 Å². The first-order valence-corrected chi connectivity index (χ1v) is 11.7. The molecule has 0 bridgehead atoms. The molecule has 2 aromatic heterocycles. The first kappa shape index (κ1) is 23.2. The highest BCUT2D eigenvalue weighted by molar-refractivity contribution is 8.00. The number of nitrogens with one attached hydrogen (secondary N) is 1. The zero-order valence-corrected chi connectivity index (χ0v) is 20.5. The van der Waals surface area contributed by atoms with Crippen LogP contribution in [0.3, 0.4) is 0 Å². The molecular weight excluding hydrogens is 430 g/mol. The van der Waals surface area contributed by atoms with Crippen LogP contribution in [0.2, 0.25) is 0 Å². The molecule has 0 spiro atoms. The van der Waals surface area contributed by atoms with Gasteiger partial charge in [-0.25, -0.2) is 4.98 Å². The van der Waals surface area contributed by atoms with Gasteiger partial charge in [0.1, 0.15) is 4.83 Å². The van der Waals surface area contributed by atoms with Crippen LogP contribution in [0.15, 0.2) is 34.2 Å². The Morgan fingerprint density at radius 3 is 2.35 bits per heavy atom. The largest absolute Gasteiger partial charge is 0.326 e. The van der Waals surface area contributed by atoms with Gasteiger partial charge in [-0.05, 0) is 50.6 Å². The average molecular weight is 458 g/mol. The number of carbonyl (C=O) groups is 2. The Labute approximate surface area is 190 Å². The highest BCUT2D eigenvalue weighted by atomic mass is 32.2. The number of carbonyl (C=O) groups excluding carboxylic acids is 2. The SMILES string of the molecule is Cc1sc2nc(SC(C)C(=O)c3ccc(NC(=O)C(C)(C)C)cc3)n(C)c(=O)c2c1C. The van der Waals surface area contributed by atoms with Gasteiger partial charge < -0.3 is 5.32 Å². The maximum Gasteiger partial charge on any atom is 0.262 e. The van der Waals surface area contributed by atoms with Crippen LogP contribution >= 0.6 is 23.1 Å². The molecule has 2 heterocycles. The third-order valence-electron chi connectivity index (χ3n) is 5.13. The molecular formula is C23H27N3O3S2. The summed E-state index contributed by atoms with van der Waals surface area (Å²) in [7, 11) is 1.69. The predicted molar refractivity (Wildman–Crippen MR) is 129 cm³/mol. The molecule has 164 valence electrons. The summed E-state index contributed by atoms with van der Waals surface area (Å²) in [6.45, 7) is 11.3. The lowest BCUT2D eigenvalue weighted by molar-refractivity contribution is -0.123. The van der Waals surface area contributed by atoms with Crippen LogP contribution < -0.4 is 10.9 Å². The van der Waals surface area contributed by atoms with Crippen molar-refractivity contribution < 1.29 is 9.59 Å². The van der Waals surface area contributed by atoms with Crippen LogP contribution in [0.4, 0.5) is 5.69 Å². The second-order valence-corrected chi connectivity index (χ2v) is 11.1. The third kappa shape index (κ3) is 4.75. The maximum absolute atomic E-state index is 12.9. The summed E-state index contributed by atoms with van der Waals surface area (Å²) < 4.78 is 1.51. The molecule has 0 saturated carbocycles. The Balaban J connectivity index is 1.79. The Morgan fingerprint density at radius 1 is 1.16 bits per heavy atom. The number of thioether (sulfide) groups is 1. The molecule has 0 saturated heterocycles. The highest BCUT2D eigenvalue weighted by Crippen LogP contribution is 2.30. The molecule has 0 radical (unpaired) electrons. The lowest BCUT2D eigenvalue weighted by atomic mass is 9.95. The Kier molecular flexibility index (Phi) is 6.43. The fraction of sp³-hybridized carbons (Fsp3) is 0.391. The molecule has 1 aromatic carbocycles. The topological polar surface area (TPSA) is 81.1 Å². The van der Waals surface area contributed by atoms with Crippen molar-refractivity contribution in [1.29, 1.82) is 0 Å². The Morgan fingerprint density at radius 2 is 1.77 bits per heavy atom. The number of Topliss-reactive ketones (excluding diaryl/α,β-unsaturated/α-hetero) is 1. The van der Waals surface area contributed by atoms with Crippen LogP contribution in [0.1, 0.15) is 48.5 Å². The van der Waals surface area contributed by atoms with Crippen molar-refractivity contribution in [3.8, 4) is 0 Å². The van der Waals surface area contributed by atoms with Crippen molar-refractivity contribution in [2.45, 2.75) is 51.9 Å². The van der Waals surface area contributed by atoms with Gasteiger partial charge in [-0.15, -0.1) is 11.3 Å². The normalized spacial score (nSPS) is 12.7. The fourth-order valence-electron chi connectivity index (χ4n) is 2.94. The first-order chi connectivity index (χ1) is 14.4. The lowest BCUT2D eigenvalue weighted by Crippen LogP contribution is -2.27. The van der Waals surface area contributed by atoms with E-state index in [1.807, 2.05) is 41.5 Å². The first-order valence-electron chi connectivity index (χ1n) is 9.99. The van der Waals surface area contributed by atoms with E-state index < -0.39 is 10.7 Å². The van der Waals surface area contributed by atoms with E-state index in [-0.39, 0.29) is 17.2 Å². The smallest absolute Gasteiger partial charge is 0.262 e. The number of rotatable bonds is 5. The number of amides is 1. The molecule has 1 amide bonds. The number of hydrogen-bond acceptors (Lipinski definition) is 6. The van der Waals surface area contributed by atoms with Crippen LogP contribution in [0.25, 0.3) is 10.2 Å². The minimum absolute atomic E-state index is 0.0633. The minimum Gasteiger partial charge on any atom is -0.326 e. The second-order valence-electron chi connectivity index (χ2n) is 8.63. The molecule has 3 aromatic rings. The van der Waals surface area contributed by atoms with E-state index in [2.05, 4.69) is 10.3 Å².